The average molecular weight is 433 g/mol. The molecule has 162 valence electrons. The van der Waals surface area contributed by atoms with Crippen molar-refractivity contribution in [3.8, 4) is 5.88 Å². The maximum absolute atomic E-state index is 13.3. The van der Waals surface area contributed by atoms with Gasteiger partial charge in [-0.05, 0) is 49.6 Å². The van der Waals surface area contributed by atoms with Crippen molar-refractivity contribution in [3.63, 3.8) is 0 Å². The van der Waals surface area contributed by atoms with Crippen molar-refractivity contribution in [2.75, 3.05) is 32.0 Å². The van der Waals surface area contributed by atoms with E-state index in [1.165, 1.54) is 4.90 Å². The van der Waals surface area contributed by atoms with E-state index in [2.05, 4.69) is 9.97 Å². The number of carbonyl (C=O) groups excluding carboxylic acids is 1. The summed E-state index contributed by atoms with van der Waals surface area (Å²) < 4.78 is 32.7. The summed E-state index contributed by atoms with van der Waals surface area (Å²) in [6, 6.07) is 6.95. The van der Waals surface area contributed by atoms with Gasteiger partial charge in [0, 0.05) is 44.8 Å². The molecule has 1 fully saturated rings. The first-order valence-electron chi connectivity index (χ1n) is 10.2. The maximum atomic E-state index is 13.3. The van der Waals surface area contributed by atoms with E-state index in [9.17, 15) is 13.2 Å². The zero-order valence-corrected chi connectivity index (χ0v) is 18.1. The topological polar surface area (TPSA) is 92.7 Å². The molecule has 3 heterocycles. The van der Waals surface area contributed by atoms with Gasteiger partial charge in [0.2, 0.25) is 15.9 Å². The lowest BCUT2D eigenvalue weighted by Crippen LogP contribution is -2.41. The van der Waals surface area contributed by atoms with Gasteiger partial charge in [-0.15, -0.1) is 0 Å². The molecule has 1 saturated heterocycles. The monoisotopic (exact) mass is 432 g/mol. The minimum Gasteiger partial charge on any atom is -0.477 e. The maximum Gasteiger partial charge on any atom is 0.259 e. The Morgan fingerprint density at radius 2 is 1.87 bits per heavy atom. The molecule has 0 unspecified atom stereocenters. The number of amides is 1. The quantitative estimate of drug-likeness (QED) is 0.604. The van der Waals surface area contributed by atoms with Crippen LogP contribution in [-0.4, -0.2) is 65.5 Å². The van der Waals surface area contributed by atoms with Crippen LogP contribution in [0, 0.1) is 0 Å². The zero-order valence-electron chi connectivity index (χ0n) is 17.2. The number of piperidine rings is 1. The van der Waals surface area contributed by atoms with Crippen molar-refractivity contribution in [1.82, 2.24) is 19.2 Å². The summed E-state index contributed by atoms with van der Waals surface area (Å²) in [5, 5.41) is 0. The van der Waals surface area contributed by atoms with E-state index < -0.39 is 10.0 Å². The van der Waals surface area contributed by atoms with Crippen LogP contribution in [0.3, 0.4) is 0 Å². The molecular formula is C21H28N4O4S. The summed E-state index contributed by atoms with van der Waals surface area (Å²) in [6.07, 6.45) is 7.69. The van der Waals surface area contributed by atoms with Crippen molar-refractivity contribution in [3.05, 3.63) is 54.0 Å². The summed E-state index contributed by atoms with van der Waals surface area (Å²) in [7, 11) is -3.43. The van der Waals surface area contributed by atoms with Gasteiger partial charge in [0.05, 0.1) is 12.4 Å². The predicted octanol–water partition coefficient (Wildman–Crippen LogP) is 2.33. The smallest absolute Gasteiger partial charge is 0.259 e. The van der Waals surface area contributed by atoms with Crippen molar-refractivity contribution in [1.29, 1.82) is 0 Å². The van der Waals surface area contributed by atoms with Crippen LogP contribution in [0.1, 0.15) is 42.1 Å². The molecule has 3 rings (SSSR count). The van der Waals surface area contributed by atoms with Crippen LogP contribution < -0.4 is 4.74 Å². The minimum atomic E-state index is -3.43. The Morgan fingerprint density at radius 3 is 2.57 bits per heavy atom. The summed E-state index contributed by atoms with van der Waals surface area (Å²) in [5.41, 5.74) is 1.19. The van der Waals surface area contributed by atoms with Crippen LogP contribution >= 0.6 is 0 Å². The third-order valence-corrected chi connectivity index (χ3v) is 6.87. The minimum absolute atomic E-state index is 0.0838. The first kappa shape index (κ1) is 22.2. The van der Waals surface area contributed by atoms with E-state index in [1.54, 1.807) is 35.0 Å². The first-order valence-corrected chi connectivity index (χ1v) is 11.9. The normalized spacial score (nSPS) is 15.0. The average Bonchev–Trinajstić information content (AvgIpc) is 2.78. The van der Waals surface area contributed by atoms with E-state index in [0.29, 0.717) is 25.3 Å². The second-order valence-corrected chi connectivity index (χ2v) is 9.24. The molecule has 2 aromatic heterocycles. The number of aromatic nitrogens is 2. The summed E-state index contributed by atoms with van der Waals surface area (Å²) in [6.45, 7) is 3.67. The second-order valence-electron chi connectivity index (χ2n) is 7.15. The Bertz CT molecular complexity index is 931. The Morgan fingerprint density at radius 1 is 1.13 bits per heavy atom. The molecule has 1 aliphatic heterocycles. The van der Waals surface area contributed by atoms with Gasteiger partial charge in [0.1, 0.15) is 5.56 Å². The fourth-order valence-corrected chi connectivity index (χ4v) is 4.96. The highest BCUT2D eigenvalue weighted by atomic mass is 32.2. The number of hydrogen-bond donors (Lipinski definition) is 0. The highest BCUT2D eigenvalue weighted by Gasteiger charge is 2.27. The molecule has 0 aromatic carbocycles. The largest absolute Gasteiger partial charge is 0.477 e. The molecule has 0 spiro atoms. The number of rotatable bonds is 9. The van der Waals surface area contributed by atoms with Gasteiger partial charge in [-0.2, -0.15) is 0 Å². The molecule has 0 N–H and O–H groups in total. The van der Waals surface area contributed by atoms with Crippen LogP contribution in [0.4, 0.5) is 0 Å². The Hall–Kier alpha value is -2.52. The Labute approximate surface area is 177 Å². The van der Waals surface area contributed by atoms with Gasteiger partial charge in [-0.3, -0.25) is 9.78 Å². The third-order valence-electron chi connectivity index (χ3n) is 5.02. The lowest BCUT2D eigenvalue weighted by atomic mass is 10.2. The van der Waals surface area contributed by atoms with Crippen LogP contribution in [0.25, 0.3) is 0 Å². The van der Waals surface area contributed by atoms with Gasteiger partial charge >= 0.3 is 0 Å². The van der Waals surface area contributed by atoms with Crippen LogP contribution in [-0.2, 0) is 16.6 Å². The predicted molar refractivity (Wildman–Crippen MR) is 114 cm³/mol. The molecule has 1 amide bonds. The Balaban J connectivity index is 1.81. The molecule has 8 nitrogen and oxygen atoms in total. The van der Waals surface area contributed by atoms with E-state index in [4.69, 9.17) is 4.74 Å². The molecule has 2 aromatic rings. The number of pyridine rings is 2. The Kier molecular flexibility index (Phi) is 7.75. The van der Waals surface area contributed by atoms with Gasteiger partial charge in [-0.25, -0.2) is 17.7 Å². The molecule has 0 saturated carbocycles. The lowest BCUT2D eigenvalue weighted by Gasteiger charge is -2.28. The van der Waals surface area contributed by atoms with Crippen molar-refractivity contribution in [2.45, 2.75) is 32.7 Å². The van der Waals surface area contributed by atoms with E-state index in [1.807, 2.05) is 19.1 Å². The lowest BCUT2D eigenvalue weighted by molar-refractivity contribution is 0.0748. The summed E-state index contributed by atoms with van der Waals surface area (Å²) in [4.78, 5) is 23.0. The fraction of sp³-hybridized carbons (Fsp3) is 0.476. The third kappa shape index (κ3) is 5.76. The highest BCUT2D eigenvalue weighted by molar-refractivity contribution is 7.89. The van der Waals surface area contributed by atoms with E-state index >= 15 is 0 Å². The van der Waals surface area contributed by atoms with Crippen LogP contribution in [0.2, 0.25) is 0 Å². The molecule has 0 bridgehead atoms. The zero-order chi connectivity index (χ0) is 21.4. The molecule has 1 aliphatic rings. The van der Waals surface area contributed by atoms with E-state index in [0.717, 1.165) is 24.8 Å². The summed E-state index contributed by atoms with van der Waals surface area (Å²) >= 11 is 0. The number of sulfonamides is 1. The molecular weight excluding hydrogens is 404 g/mol. The SMILES string of the molecule is CCOc1ncccc1C(=O)N(CCS(=O)(=O)N1CCCCC1)Cc1ccncc1. The van der Waals surface area contributed by atoms with E-state index in [-0.39, 0.29) is 30.6 Å². The number of ether oxygens (including phenoxy) is 1. The molecule has 0 atom stereocenters. The first-order chi connectivity index (χ1) is 14.5. The van der Waals surface area contributed by atoms with Gasteiger partial charge in [-0.1, -0.05) is 6.42 Å². The second kappa shape index (κ2) is 10.5. The highest BCUT2D eigenvalue weighted by Crippen LogP contribution is 2.19. The number of hydrogen-bond acceptors (Lipinski definition) is 6. The summed E-state index contributed by atoms with van der Waals surface area (Å²) in [5.74, 6) is -0.172. The molecule has 30 heavy (non-hydrogen) atoms. The van der Waals surface area contributed by atoms with Crippen molar-refractivity contribution < 1.29 is 17.9 Å². The van der Waals surface area contributed by atoms with Gasteiger partial charge in [0.15, 0.2) is 0 Å². The van der Waals surface area contributed by atoms with Crippen molar-refractivity contribution in [2.24, 2.45) is 0 Å². The van der Waals surface area contributed by atoms with Crippen molar-refractivity contribution >= 4 is 15.9 Å². The molecule has 0 aliphatic carbocycles. The van der Waals surface area contributed by atoms with Crippen LogP contribution in [0.5, 0.6) is 5.88 Å². The number of carbonyl (C=O) groups is 1. The number of nitrogens with zero attached hydrogens (tertiary/aromatic N) is 4. The van der Waals surface area contributed by atoms with Gasteiger partial charge in [0.25, 0.3) is 5.91 Å². The molecule has 0 radical (unpaired) electrons. The standard InChI is InChI=1S/C21H28N4O4S/c1-2-29-20-19(7-6-10-23-20)21(26)24(17-18-8-11-22-12-9-18)15-16-30(27,28)25-13-4-3-5-14-25/h6-12H,2-5,13-17H2,1H3. The fourth-order valence-electron chi connectivity index (χ4n) is 3.43. The molecule has 9 heteroatoms. The van der Waals surface area contributed by atoms with Crippen LogP contribution in [0.15, 0.2) is 42.9 Å². The van der Waals surface area contributed by atoms with Gasteiger partial charge < -0.3 is 9.64 Å².